The zero-order chi connectivity index (χ0) is 11.9. The third-order valence-electron chi connectivity index (χ3n) is 3.12. The Hall–Kier alpha value is -0.900. The van der Waals surface area contributed by atoms with E-state index in [1.165, 1.54) is 0 Å². The zero-order valence-electron chi connectivity index (χ0n) is 9.67. The van der Waals surface area contributed by atoms with E-state index in [2.05, 4.69) is 40.1 Å². The fraction of sp³-hybridized carbons (Fsp3) is 0.500. The van der Waals surface area contributed by atoms with E-state index in [1.54, 1.807) is 6.20 Å². The van der Waals surface area contributed by atoms with Crippen LogP contribution in [0.1, 0.15) is 25.8 Å². The van der Waals surface area contributed by atoms with Gasteiger partial charge in [-0.3, -0.25) is 4.79 Å². The topological polar surface area (TPSA) is 42.0 Å². The van der Waals surface area contributed by atoms with Crippen molar-refractivity contribution in [2.24, 2.45) is 11.3 Å². The summed E-state index contributed by atoms with van der Waals surface area (Å²) in [5, 5.41) is 2.88. The van der Waals surface area contributed by atoms with Crippen LogP contribution >= 0.6 is 15.9 Å². The van der Waals surface area contributed by atoms with Gasteiger partial charge in [-0.15, -0.1) is 0 Å². The molecule has 1 aliphatic rings. The molecule has 3 nitrogen and oxygen atoms in total. The van der Waals surface area contributed by atoms with E-state index in [9.17, 15) is 4.79 Å². The number of carbonyl (C=O) groups is 1. The summed E-state index contributed by atoms with van der Waals surface area (Å²) in [5.41, 5.74) is 1.13. The molecule has 0 saturated heterocycles. The van der Waals surface area contributed by atoms with Gasteiger partial charge in [0.15, 0.2) is 0 Å². The first-order valence-corrected chi connectivity index (χ1v) is 6.12. The van der Waals surface area contributed by atoms with Crippen LogP contribution in [0.3, 0.4) is 0 Å². The normalized spacial score (nSPS) is 21.6. The first-order chi connectivity index (χ1) is 7.40. The van der Waals surface area contributed by atoms with Gasteiger partial charge in [0.05, 0.1) is 0 Å². The predicted molar refractivity (Wildman–Crippen MR) is 67.2 cm³/mol. The molecule has 1 fully saturated rings. The van der Waals surface area contributed by atoms with Gasteiger partial charge in [-0.1, -0.05) is 13.8 Å². The molecule has 0 aromatic carbocycles. The minimum absolute atomic E-state index is 0.0860. The number of carbonyl (C=O) groups excluding carboxylic acids is 1. The van der Waals surface area contributed by atoms with Crippen LogP contribution in [0.5, 0.6) is 0 Å². The van der Waals surface area contributed by atoms with Crippen LogP contribution < -0.4 is 5.32 Å². The first kappa shape index (κ1) is 11.6. The van der Waals surface area contributed by atoms with E-state index >= 15 is 0 Å². The molecule has 1 aromatic rings. The lowest BCUT2D eigenvalue weighted by Crippen LogP contribution is -2.18. The van der Waals surface area contributed by atoms with E-state index in [-0.39, 0.29) is 17.2 Å². The van der Waals surface area contributed by atoms with Crippen molar-refractivity contribution in [2.45, 2.75) is 27.2 Å². The number of hydrogen-bond donors (Lipinski definition) is 1. The van der Waals surface area contributed by atoms with Crippen molar-refractivity contribution < 1.29 is 4.79 Å². The third-order valence-corrected chi connectivity index (χ3v) is 3.55. The Balaban J connectivity index is 2.07. The van der Waals surface area contributed by atoms with Gasteiger partial charge >= 0.3 is 0 Å². The van der Waals surface area contributed by atoms with Gasteiger partial charge in [0.1, 0.15) is 5.82 Å². The summed E-state index contributed by atoms with van der Waals surface area (Å²) in [4.78, 5) is 16.1. The quantitative estimate of drug-likeness (QED) is 0.906. The molecular weight excluding hydrogens is 268 g/mol. The molecule has 1 saturated carbocycles. The average molecular weight is 283 g/mol. The highest BCUT2D eigenvalue weighted by molar-refractivity contribution is 9.10. The lowest BCUT2D eigenvalue weighted by atomic mass is 10.1. The minimum Gasteiger partial charge on any atom is -0.310 e. The molecule has 0 bridgehead atoms. The van der Waals surface area contributed by atoms with Gasteiger partial charge in [0.25, 0.3) is 0 Å². The number of anilines is 1. The van der Waals surface area contributed by atoms with Crippen molar-refractivity contribution >= 4 is 27.7 Å². The second kappa shape index (κ2) is 3.84. The van der Waals surface area contributed by atoms with E-state index < -0.39 is 0 Å². The molecule has 1 aromatic heterocycles. The molecule has 1 amide bonds. The Morgan fingerprint density at radius 3 is 2.75 bits per heavy atom. The zero-order valence-corrected chi connectivity index (χ0v) is 11.3. The van der Waals surface area contributed by atoms with Crippen molar-refractivity contribution in [3.63, 3.8) is 0 Å². The van der Waals surface area contributed by atoms with Gasteiger partial charge in [-0.25, -0.2) is 4.98 Å². The predicted octanol–water partition coefficient (Wildman–Crippen LogP) is 3.14. The molecule has 1 unspecified atom stereocenters. The molecule has 1 heterocycles. The summed E-state index contributed by atoms with van der Waals surface area (Å²) in [5.74, 6) is 0.885. The number of nitrogens with zero attached hydrogens (tertiary/aromatic N) is 1. The van der Waals surface area contributed by atoms with Gasteiger partial charge in [0, 0.05) is 16.6 Å². The smallest absolute Gasteiger partial charge is 0.229 e. The maximum absolute atomic E-state index is 11.9. The van der Waals surface area contributed by atoms with Gasteiger partial charge in [-0.05, 0) is 46.3 Å². The van der Waals surface area contributed by atoms with Crippen LogP contribution in [-0.4, -0.2) is 10.9 Å². The largest absolute Gasteiger partial charge is 0.310 e. The molecule has 0 radical (unpaired) electrons. The summed E-state index contributed by atoms with van der Waals surface area (Å²) < 4.78 is 0.926. The molecule has 0 spiro atoms. The highest BCUT2D eigenvalue weighted by Gasteiger charge is 2.50. The van der Waals surface area contributed by atoms with Crippen molar-refractivity contribution in [2.75, 3.05) is 5.32 Å². The van der Waals surface area contributed by atoms with Crippen LogP contribution in [0, 0.1) is 18.3 Å². The maximum Gasteiger partial charge on any atom is 0.229 e. The number of hydrogen-bond acceptors (Lipinski definition) is 2. The Labute approximate surface area is 104 Å². The monoisotopic (exact) mass is 282 g/mol. The number of aromatic nitrogens is 1. The molecule has 4 heteroatoms. The molecule has 1 aliphatic carbocycles. The van der Waals surface area contributed by atoms with Gasteiger partial charge in [-0.2, -0.15) is 0 Å². The Bertz CT molecular complexity index is 443. The highest BCUT2D eigenvalue weighted by atomic mass is 79.9. The third kappa shape index (κ3) is 2.26. The second-order valence-electron chi connectivity index (χ2n) is 5.05. The van der Waals surface area contributed by atoms with Crippen molar-refractivity contribution in [1.82, 2.24) is 4.98 Å². The molecule has 16 heavy (non-hydrogen) atoms. The fourth-order valence-electron chi connectivity index (χ4n) is 1.79. The SMILES string of the molecule is Cc1cc(Br)cnc1NC(=O)C1CC1(C)C. The van der Waals surface area contributed by atoms with Gasteiger partial charge < -0.3 is 5.32 Å². The number of aryl methyl sites for hydroxylation is 1. The van der Waals surface area contributed by atoms with Crippen LogP contribution in [0.4, 0.5) is 5.82 Å². The minimum atomic E-state index is 0.0860. The summed E-state index contributed by atoms with van der Waals surface area (Å²) in [7, 11) is 0. The average Bonchev–Trinajstić information content (AvgIpc) is 2.80. The van der Waals surface area contributed by atoms with E-state index in [0.29, 0.717) is 5.82 Å². The molecular formula is C12H15BrN2O. The fourth-order valence-corrected chi connectivity index (χ4v) is 2.24. The first-order valence-electron chi connectivity index (χ1n) is 5.33. The molecule has 1 N–H and O–H groups in total. The van der Waals surface area contributed by atoms with E-state index in [4.69, 9.17) is 0 Å². The highest BCUT2D eigenvalue weighted by Crippen LogP contribution is 2.51. The lowest BCUT2D eigenvalue weighted by molar-refractivity contribution is -0.118. The molecule has 86 valence electrons. The van der Waals surface area contributed by atoms with Crippen molar-refractivity contribution in [3.05, 3.63) is 22.3 Å². The van der Waals surface area contributed by atoms with Crippen LogP contribution in [-0.2, 0) is 4.79 Å². The van der Waals surface area contributed by atoms with Crippen molar-refractivity contribution in [3.8, 4) is 0 Å². The van der Waals surface area contributed by atoms with Crippen LogP contribution in [0.25, 0.3) is 0 Å². The van der Waals surface area contributed by atoms with E-state index in [0.717, 1.165) is 16.5 Å². The van der Waals surface area contributed by atoms with Crippen LogP contribution in [0.15, 0.2) is 16.7 Å². The number of rotatable bonds is 2. The molecule has 0 aliphatic heterocycles. The number of halogens is 1. The Kier molecular flexibility index (Phi) is 2.78. The number of pyridine rings is 1. The summed E-state index contributed by atoms with van der Waals surface area (Å²) in [6.45, 7) is 6.16. The number of amides is 1. The van der Waals surface area contributed by atoms with Crippen LogP contribution in [0.2, 0.25) is 0 Å². The standard InChI is InChI=1S/C12H15BrN2O/c1-7-4-8(13)6-14-10(7)15-11(16)9-5-12(9,2)3/h4,6,9H,5H2,1-3H3,(H,14,15,16). The summed E-state index contributed by atoms with van der Waals surface area (Å²) >= 11 is 3.35. The summed E-state index contributed by atoms with van der Waals surface area (Å²) in [6, 6.07) is 1.95. The van der Waals surface area contributed by atoms with Gasteiger partial charge in [0.2, 0.25) is 5.91 Å². The van der Waals surface area contributed by atoms with E-state index in [1.807, 2.05) is 13.0 Å². The Morgan fingerprint density at radius 2 is 2.25 bits per heavy atom. The number of nitrogens with one attached hydrogen (secondary N) is 1. The molecule has 1 atom stereocenters. The second-order valence-corrected chi connectivity index (χ2v) is 5.97. The maximum atomic E-state index is 11.9. The summed E-state index contributed by atoms with van der Waals surface area (Å²) in [6.07, 6.45) is 2.66. The Morgan fingerprint density at radius 1 is 1.62 bits per heavy atom. The molecule has 2 rings (SSSR count). The van der Waals surface area contributed by atoms with Crippen molar-refractivity contribution in [1.29, 1.82) is 0 Å². The lowest BCUT2D eigenvalue weighted by Gasteiger charge is -2.08.